The normalized spacial score (nSPS) is 19.8. The highest BCUT2D eigenvalue weighted by molar-refractivity contribution is 5.29. The van der Waals surface area contributed by atoms with Crippen molar-refractivity contribution in [2.24, 2.45) is 5.92 Å². The minimum atomic E-state index is -2.50. The van der Waals surface area contributed by atoms with Gasteiger partial charge < -0.3 is 9.64 Å². The molecule has 0 amide bonds. The molecular formula is C15H22F2N2O. The van der Waals surface area contributed by atoms with E-state index in [-0.39, 0.29) is 24.9 Å². The van der Waals surface area contributed by atoms with Gasteiger partial charge in [-0.2, -0.15) is 0 Å². The maximum atomic E-state index is 12.9. The van der Waals surface area contributed by atoms with Crippen LogP contribution in [-0.4, -0.2) is 36.0 Å². The first-order valence-electron chi connectivity index (χ1n) is 6.92. The lowest BCUT2D eigenvalue weighted by atomic mass is 9.78. The van der Waals surface area contributed by atoms with E-state index < -0.39 is 5.92 Å². The van der Waals surface area contributed by atoms with Gasteiger partial charge in [0.2, 0.25) is 5.92 Å². The number of aromatic nitrogens is 1. The fraction of sp³-hybridized carbons (Fsp3) is 0.667. The lowest BCUT2D eigenvalue weighted by molar-refractivity contribution is -0.133. The number of aryl methyl sites for hydroxylation is 1. The van der Waals surface area contributed by atoms with Crippen molar-refractivity contribution >= 4 is 0 Å². The highest BCUT2D eigenvalue weighted by Crippen LogP contribution is 2.44. The molecule has 1 aromatic rings. The maximum Gasteiger partial charge on any atom is 0.249 e. The van der Waals surface area contributed by atoms with E-state index in [9.17, 15) is 8.78 Å². The summed E-state index contributed by atoms with van der Waals surface area (Å²) < 4.78 is 31.7. The molecule has 1 unspecified atom stereocenters. The Morgan fingerprint density at radius 1 is 1.40 bits per heavy atom. The van der Waals surface area contributed by atoms with Crippen molar-refractivity contribution in [1.82, 2.24) is 9.88 Å². The second kappa shape index (κ2) is 5.64. The van der Waals surface area contributed by atoms with Crippen LogP contribution >= 0.6 is 0 Å². The molecule has 1 aromatic heterocycles. The number of rotatable bonds is 5. The van der Waals surface area contributed by atoms with Crippen molar-refractivity contribution in [3.63, 3.8) is 0 Å². The monoisotopic (exact) mass is 284 g/mol. The summed E-state index contributed by atoms with van der Waals surface area (Å²) >= 11 is 0. The zero-order valence-electron chi connectivity index (χ0n) is 12.5. The smallest absolute Gasteiger partial charge is 0.249 e. The fourth-order valence-electron chi connectivity index (χ4n) is 2.45. The Kier molecular flexibility index (Phi) is 4.28. The van der Waals surface area contributed by atoms with Gasteiger partial charge in [-0.1, -0.05) is 0 Å². The largest absolute Gasteiger partial charge is 0.488 e. The number of hydrogen-bond acceptors (Lipinski definition) is 3. The molecule has 0 aromatic carbocycles. The van der Waals surface area contributed by atoms with Crippen molar-refractivity contribution in [3.05, 3.63) is 23.5 Å². The second-order valence-electron chi connectivity index (χ2n) is 5.98. The summed E-state index contributed by atoms with van der Waals surface area (Å²) in [6, 6.07) is 3.77. The van der Waals surface area contributed by atoms with Gasteiger partial charge in [-0.05, 0) is 40.1 Å². The number of halogens is 2. The molecule has 5 heteroatoms. The van der Waals surface area contributed by atoms with Crippen molar-refractivity contribution in [1.29, 1.82) is 0 Å². The van der Waals surface area contributed by atoms with E-state index in [4.69, 9.17) is 4.74 Å². The maximum absolute atomic E-state index is 12.9. The van der Waals surface area contributed by atoms with Crippen LogP contribution in [0.15, 0.2) is 12.1 Å². The molecule has 0 N–H and O–H groups in total. The van der Waals surface area contributed by atoms with Gasteiger partial charge in [-0.3, -0.25) is 4.98 Å². The Morgan fingerprint density at radius 3 is 2.60 bits per heavy atom. The Bertz CT molecular complexity index is 469. The number of alkyl halides is 2. The van der Waals surface area contributed by atoms with Crippen LogP contribution in [0.1, 0.15) is 31.2 Å². The number of ether oxygens (including phenoxy) is 1. The number of pyridine rings is 1. The summed E-state index contributed by atoms with van der Waals surface area (Å²) in [5.41, 5.74) is 1.78. The van der Waals surface area contributed by atoms with Gasteiger partial charge in [0, 0.05) is 31.0 Å². The molecule has 20 heavy (non-hydrogen) atoms. The molecule has 1 heterocycles. The molecule has 1 aliphatic rings. The van der Waals surface area contributed by atoms with E-state index in [1.165, 1.54) is 0 Å². The standard InChI is InChI=1S/C15H22F2N2O/c1-10-5-6-14(13(18-10)9-19(3)4)20-11(2)12-7-15(16,17)8-12/h5-6,11-12H,7-9H2,1-4H3. The minimum Gasteiger partial charge on any atom is -0.488 e. The van der Waals surface area contributed by atoms with Crippen molar-refractivity contribution < 1.29 is 13.5 Å². The van der Waals surface area contributed by atoms with Gasteiger partial charge in [0.15, 0.2) is 0 Å². The van der Waals surface area contributed by atoms with E-state index in [0.29, 0.717) is 12.3 Å². The molecule has 1 atom stereocenters. The van der Waals surface area contributed by atoms with Crippen LogP contribution in [0.2, 0.25) is 0 Å². The molecule has 1 aliphatic carbocycles. The van der Waals surface area contributed by atoms with Crippen LogP contribution in [0.5, 0.6) is 5.75 Å². The summed E-state index contributed by atoms with van der Waals surface area (Å²) in [7, 11) is 3.92. The van der Waals surface area contributed by atoms with Gasteiger partial charge in [0.25, 0.3) is 0 Å². The van der Waals surface area contributed by atoms with Crippen LogP contribution in [0.25, 0.3) is 0 Å². The van der Waals surface area contributed by atoms with Crippen LogP contribution < -0.4 is 4.74 Å². The molecule has 2 rings (SSSR count). The second-order valence-corrected chi connectivity index (χ2v) is 5.98. The SMILES string of the molecule is Cc1ccc(OC(C)C2CC(F)(F)C2)c(CN(C)C)n1. The van der Waals surface area contributed by atoms with E-state index in [1.807, 2.05) is 45.0 Å². The predicted molar refractivity (Wildman–Crippen MR) is 74.1 cm³/mol. The van der Waals surface area contributed by atoms with Crippen molar-refractivity contribution in [3.8, 4) is 5.75 Å². The van der Waals surface area contributed by atoms with Gasteiger partial charge in [0.1, 0.15) is 5.75 Å². The number of hydrogen-bond donors (Lipinski definition) is 0. The topological polar surface area (TPSA) is 25.4 Å². The summed E-state index contributed by atoms with van der Waals surface area (Å²) in [5, 5.41) is 0. The van der Waals surface area contributed by atoms with E-state index >= 15 is 0 Å². The van der Waals surface area contributed by atoms with Crippen LogP contribution in [0, 0.1) is 12.8 Å². The average Bonchev–Trinajstić information content (AvgIpc) is 2.28. The molecule has 0 aliphatic heterocycles. The minimum absolute atomic E-state index is 0.0708. The van der Waals surface area contributed by atoms with Crippen LogP contribution in [0.3, 0.4) is 0 Å². The van der Waals surface area contributed by atoms with Gasteiger partial charge in [0.05, 0.1) is 11.8 Å². The Labute approximate surface area is 118 Å². The molecule has 0 spiro atoms. The van der Waals surface area contributed by atoms with Crippen LogP contribution in [-0.2, 0) is 6.54 Å². The van der Waals surface area contributed by atoms with Gasteiger partial charge >= 0.3 is 0 Å². The zero-order valence-corrected chi connectivity index (χ0v) is 12.5. The Morgan fingerprint density at radius 2 is 2.05 bits per heavy atom. The third-order valence-electron chi connectivity index (χ3n) is 3.64. The molecule has 0 bridgehead atoms. The van der Waals surface area contributed by atoms with Crippen LogP contribution in [0.4, 0.5) is 8.78 Å². The summed E-state index contributed by atoms with van der Waals surface area (Å²) in [6.45, 7) is 4.46. The molecule has 112 valence electrons. The molecule has 1 fully saturated rings. The van der Waals surface area contributed by atoms with Gasteiger partial charge in [-0.15, -0.1) is 0 Å². The van der Waals surface area contributed by atoms with E-state index in [1.54, 1.807) is 0 Å². The van der Waals surface area contributed by atoms with Gasteiger partial charge in [-0.25, -0.2) is 8.78 Å². The number of nitrogens with zero attached hydrogens (tertiary/aromatic N) is 2. The first-order chi connectivity index (χ1) is 9.27. The Hall–Kier alpha value is -1.23. The average molecular weight is 284 g/mol. The first kappa shape index (κ1) is 15.2. The summed E-state index contributed by atoms with van der Waals surface area (Å²) in [4.78, 5) is 6.49. The lowest BCUT2D eigenvalue weighted by Gasteiger charge is -2.38. The highest BCUT2D eigenvalue weighted by Gasteiger charge is 2.48. The third kappa shape index (κ3) is 3.66. The third-order valence-corrected chi connectivity index (χ3v) is 3.64. The van der Waals surface area contributed by atoms with E-state index in [2.05, 4.69) is 4.98 Å². The summed E-state index contributed by atoms with van der Waals surface area (Å²) in [6.07, 6.45) is -0.354. The first-order valence-corrected chi connectivity index (χ1v) is 6.92. The lowest BCUT2D eigenvalue weighted by Crippen LogP contribution is -2.43. The molecule has 3 nitrogen and oxygen atoms in total. The summed E-state index contributed by atoms with van der Waals surface area (Å²) in [5.74, 6) is -1.87. The Balaban J connectivity index is 2.05. The van der Waals surface area contributed by atoms with Crippen molar-refractivity contribution in [2.45, 2.75) is 45.3 Å². The fourth-order valence-corrected chi connectivity index (χ4v) is 2.45. The molecule has 0 saturated heterocycles. The van der Waals surface area contributed by atoms with E-state index in [0.717, 1.165) is 11.4 Å². The zero-order chi connectivity index (χ0) is 14.9. The predicted octanol–water partition coefficient (Wildman–Crippen LogP) is 3.26. The quantitative estimate of drug-likeness (QED) is 0.830. The molecule has 1 saturated carbocycles. The van der Waals surface area contributed by atoms with Crippen molar-refractivity contribution in [2.75, 3.05) is 14.1 Å². The highest BCUT2D eigenvalue weighted by atomic mass is 19.3. The molecular weight excluding hydrogens is 262 g/mol. The molecule has 0 radical (unpaired) electrons.